The van der Waals surface area contributed by atoms with Crippen LogP contribution >= 0.6 is 0 Å². The molecule has 5 heteroatoms. The molecule has 2 aromatic carbocycles. The Morgan fingerprint density at radius 2 is 1.96 bits per heavy atom. The van der Waals surface area contributed by atoms with Gasteiger partial charge in [-0.25, -0.2) is 4.99 Å². The van der Waals surface area contributed by atoms with Crippen LogP contribution in [0.1, 0.15) is 30.4 Å². The molecule has 0 bridgehead atoms. The van der Waals surface area contributed by atoms with Gasteiger partial charge in [0, 0.05) is 19.0 Å². The topological polar surface area (TPSA) is 54.9 Å². The average molecular weight is 353 g/mol. The van der Waals surface area contributed by atoms with Crippen LogP contribution in [0.25, 0.3) is 0 Å². The smallest absolute Gasteiger partial charge is 0.191 e. The second kappa shape index (κ2) is 9.13. The first-order valence-corrected chi connectivity index (χ1v) is 9.17. The summed E-state index contributed by atoms with van der Waals surface area (Å²) in [6, 6.07) is 16.3. The Kier molecular flexibility index (Phi) is 6.36. The van der Waals surface area contributed by atoms with Gasteiger partial charge < -0.3 is 20.1 Å². The van der Waals surface area contributed by atoms with Crippen LogP contribution in [0.2, 0.25) is 0 Å². The van der Waals surface area contributed by atoms with Crippen molar-refractivity contribution in [3.63, 3.8) is 0 Å². The standard InChI is InChI=1S/C21H27N3O2/c1-3-22-21(23-14-16-8-10-18(25-2)11-9-16)24-15-17-12-13-26-20-7-5-4-6-19(17)20/h4-11,17H,3,12-15H2,1-2H3,(H2,22,23,24). The van der Waals surface area contributed by atoms with E-state index in [2.05, 4.69) is 29.7 Å². The summed E-state index contributed by atoms with van der Waals surface area (Å²) in [7, 11) is 1.68. The summed E-state index contributed by atoms with van der Waals surface area (Å²) >= 11 is 0. The SMILES string of the molecule is CCNC(=NCc1ccc(OC)cc1)NCC1CCOc2ccccc21. The minimum atomic E-state index is 0.435. The van der Waals surface area contributed by atoms with E-state index in [0.29, 0.717) is 12.5 Å². The summed E-state index contributed by atoms with van der Waals surface area (Å²) in [4.78, 5) is 4.70. The van der Waals surface area contributed by atoms with Crippen molar-refractivity contribution < 1.29 is 9.47 Å². The molecule has 0 saturated heterocycles. The molecule has 1 heterocycles. The number of hydrogen-bond donors (Lipinski definition) is 2. The van der Waals surface area contributed by atoms with Crippen molar-refractivity contribution in [3.05, 3.63) is 59.7 Å². The first-order valence-electron chi connectivity index (χ1n) is 9.17. The van der Waals surface area contributed by atoms with Gasteiger partial charge in [-0.15, -0.1) is 0 Å². The van der Waals surface area contributed by atoms with Crippen LogP contribution in [0.4, 0.5) is 0 Å². The van der Waals surface area contributed by atoms with Gasteiger partial charge in [0.2, 0.25) is 0 Å². The highest BCUT2D eigenvalue weighted by Gasteiger charge is 2.21. The van der Waals surface area contributed by atoms with Crippen molar-refractivity contribution in [1.29, 1.82) is 0 Å². The Morgan fingerprint density at radius 1 is 1.15 bits per heavy atom. The number of para-hydroxylation sites is 1. The van der Waals surface area contributed by atoms with E-state index in [-0.39, 0.29) is 0 Å². The van der Waals surface area contributed by atoms with E-state index in [0.717, 1.165) is 49.1 Å². The number of rotatable bonds is 6. The monoisotopic (exact) mass is 353 g/mol. The summed E-state index contributed by atoms with van der Waals surface area (Å²) in [5.41, 5.74) is 2.43. The van der Waals surface area contributed by atoms with Gasteiger partial charge in [-0.2, -0.15) is 0 Å². The lowest BCUT2D eigenvalue weighted by Gasteiger charge is -2.26. The van der Waals surface area contributed by atoms with Gasteiger partial charge in [-0.05, 0) is 42.7 Å². The predicted molar refractivity (Wildman–Crippen MR) is 105 cm³/mol. The first-order chi connectivity index (χ1) is 12.8. The molecule has 2 aromatic rings. The molecular weight excluding hydrogens is 326 g/mol. The normalized spacial score (nSPS) is 16.4. The summed E-state index contributed by atoms with van der Waals surface area (Å²) in [6.07, 6.45) is 1.02. The van der Waals surface area contributed by atoms with Gasteiger partial charge in [0.05, 0.1) is 20.3 Å². The third-order valence-electron chi connectivity index (χ3n) is 4.52. The maximum absolute atomic E-state index is 5.75. The molecule has 0 saturated carbocycles. The summed E-state index contributed by atoms with van der Waals surface area (Å²) < 4.78 is 10.9. The molecule has 0 aromatic heterocycles. The minimum Gasteiger partial charge on any atom is -0.497 e. The predicted octanol–water partition coefficient (Wildman–Crippen LogP) is 3.32. The molecule has 1 aliphatic heterocycles. The van der Waals surface area contributed by atoms with Crippen molar-refractivity contribution in [2.75, 3.05) is 26.8 Å². The van der Waals surface area contributed by atoms with Crippen molar-refractivity contribution in [2.24, 2.45) is 4.99 Å². The van der Waals surface area contributed by atoms with Crippen molar-refractivity contribution in [3.8, 4) is 11.5 Å². The van der Waals surface area contributed by atoms with E-state index in [9.17, 15) is 0 Å². The van der Waals surface area contributed by atoms with Gasteiger partial charge in [-0.1, -0.05) is 30.3 Å². The number of hydrogen-bond acceptors (Lipinski definition) is 3. The number of nitrogens with one attached hydrogen (secondary N) is 2. The summed E-state index contributed by atoms with van der Waals surface area (Å²) in [5.74, 6) is 3.14. The molecule has 2 N–H and O–H groups in total. The van der Waals surface area contributed by atoms with E-state index in [1.807, 2.05) is 36.4 Å². The van der Waals surface area contributed by atoms with Crippen LogP contribution in [0.15, 0.2) is 53.5 Å². The van der Waals surface area contributed by atoms with E-state index >= 15 is 0 Å². The van der Waals surface area contributed by atoms with Gasteiger partial charge in [0.25, 0.3) is 0 Å². The number of guanidine groups is 1. The highest BCUT2D eigenvalue weighted by molar-refractivity contribution is 5.79. The molecule has 1 aliphatic rings. The lowest BCUT2D eigenvalue weighted by Crippen LogP contribution is -2.40. The van der Waals surface area contributed by atoms with E-state index in [1.54, 1.807) is 7.11 Å². The Hall–Kier alpha value is -2.69. The number of benzene rings is 2. The molecule has 26 heavy (non-hydrogen) atoms. The maximum Gasteiger partial charge on any atom is 0.191 e. The lowest BCUT2D eigenvalue weighted by atomic mass is 9.93. The number of aliphatic imine (C=N–C) groups is 1. The number of methoxy groups -OCH3 is 1. The molecule has 1 atom stereocenters. The molecule has 138 valence electrons. The molecule has 0 fully saturated rings. The fourth-order valence-corrected chi connectivity index (χ4v) is 3.09. The van der Waals surface area contributed by atoms with Crippen LogP contribution in [0, 0.1) is 0 Å². The number of nitrogens with zero attached hydrogens (tertiary/aromatic N) is 1. The summed E-state index contributed by atoms with van der Waals surface area (Å²) in [6.45, 7) is 5.15. The van der Waals surface area contributed by atoms with E-state index in [4.69, 9.17) is 14.5 Å². The van der Waals surface area contributed by atoms with Gasteiger partial charge in [0.15, 0.2) is 5.96 Å². The van der Waals surface area contributed by atoms with E-state index in [1.165, 1.54) is 5.56 Å². The van der Waals surface area contributed by atoms with Gasteiger partial charge >= 0.3 is 0 Å². The molecule has 0 spiro atoms. The Balaban J connectivity index is 1.61. The molecule has 0 amide bonds. The maximum atomic E-state index is 5.75. The van der Waals surface area contributed by atoms with Crippen LogP contribution in [0.3, 0.4) is 0 Å². The fraction of sp³-hybridized carbons (Fsp3) is 0.381. The van der Waals surface area contributed by atoms with Crippen LogP contribution < -0.4 is 20.1 Å². The third kappa shape index (κ3) is 4.69. The second-order valence-corrected chi connectivity index (χ2v) is 6.30. The number of ether oxygens (including phenoxy) is 2. The van der Waals surface area contributed by atoms with Crippen molar-refractivity contribution in [2.45, 2.75) is 25.8 Å². The average Bonchev–Trinajstić information content (AvgIpc) is 2.70. The second-order valence-electron chi connectivity index (χ2n) is 6.30. The third-order valence-corrected chi connectivity index (χ3v) is 4.52. The molecular formula is C21H27N3O2. The van der Waals surface area contributed by atoms with Gasteiger partial charge in [0.1, 0.15) is 11.5 Å². The summed E-state index contributed by atoms with van der Waals surface area (Å²) in [5, 5.41) is 6.80. The molecule has 5 nitrogen and oxygen atoms in total. The Labute approximate surface area is 155 Å². The zero-order valence-corrected chi connectivity index (χ0v) is 15.5. The molecule has 1 unspecified atom stereocenters. The molecule has 0 aliphatic carbocycles. The van der Waals surface area contributed by atoms with E-state index < -0.39 is 0 Å². The fourth-order valence-electron chi connectivity index (χ4n) is 3.09. The van der Waals surface area contributed by atoms with Crippen LogP contribution in [-0.2, 0) is 6.54 Å². The largest absolute Gasteiger partial charge is 0.497 e. The van der Waals surface area contributed by atoms with Crippen LogP contribution in [-0.4, -0.2) is 32.8 Å². The van der Waals surface area contributed by atoms with Gasteiger partial charge in [-0.3, -0.25) is 0 Å². The highest BCUT2D eigenvalue weighted by atomic mass is 16.5. The Morgan fingerprint density at radius 3 is 2.73 bits per heavy atom. The van der Waals surface area contributed by atoms with Crippen molar-refractivity contribution >= 4 is 5.96 Å². The first kappa shape index (κ1) is 18.1. The lowest BCUT2D eigenvalue weighted by molar-refractivity contribution is 0.267. The minimum absolute atomic E-state index is 0.435. The molecule has 0 radical (unpaired) electrons. The zero-order chi connectivity index (χ0) is 18.2. The molecule has 3 rings (SSSR count). The quantitative estimate of drug-likeness (QED) is 0.618. The number of fused-ring (bicyclic) bond motifs is 1. The Bertz CT molecular complexity index is 728. The highest BCUT2D eigenvalue weighted by Crippen LogP contribution is 2.32. The zero-order valence-electron chi connectivity index (χ0n) is 15.5. The van der Waals surface area contributed by atoms with Crippen LogP contribution in [0.5, 0.6) is 11.5 Å². The van der Waals surface area contributed by atoms with Crippen molar-refractivity contribution in [1.82, 2.24) is 10.6 Å².